The highest BCUT2D eigenvalue weighted by molar-refractivity contribution is 4.98. The molecule has 0 amide bonds. The molecule has 0 aromatic rings. The van der Waals surface area contributed by atoms with Crippen LogP contribution < -0.4 is 0 Å². The summed E-state index contributed by atoms with van der Waals surface area (Å²) in [6.07, 6.45) is 13.4. The third-order valence-corrected chi connectivity index (χ3v) is 5.82. The molecule has 2 saturated carbocycles. The Morgan fingerprint density at radius 1 is 0.950 bits per heavy atom. The maximum atomic E-state index is 2.62. The van der Waals surface area contributed by atoms with E-state index in [9.17, 15) is 0 Å². The van der Waals surface area contributed by atoms with E-state index in [2.05, 4.69) is 20.8 Å². The molecule has 0 aromatic heterocycles. The Bertz CT molecular complexity index is 220. The van der Waals surface area contributed by atoms with Gasteiger partial charge in [0.25, 0.3) is 0 Å². The van der Waals surface area contributed by atoms with Crippen molar-refractivity contribution in [3.8, 4) is 0 Å². The van der Waals surface area contributed by atoms with E-state index >= 15 is 0 Å². The molecule has 0 N–H and O–H groups in total. The first kappa shape index (κ1) is 20.0. The van der Waals surface area contributed by atoms with Gasteiger partial charge in [0.15, 0.2) is 0 Å². The summed E-state index contributed by atoms with van der Waals surface area (Å²) >= 11 is 0. The molecule has 0 aromatic carbocycles. The smallest absolute Gasteiger partial charge is 0.0267 e. The molecule has 20 heavy (non-hydrogen) atoms. The molecule has 0 aliphatic heterocycles. The molecule has 4 atom stereocenters. The van der Waals surface area contributed by atoms with E-state index in [-0.39, 0.29) is 0 Å². The van der Waals surface area contributed by atoms with Gasteiger partial charge < -0.3 is 0 Å². The normalized spacial score (nSPS) is 35.2. The van der Waals surface area contributed by atoms with Crippen molar-refractivity contribution in [1.82, 2.24) is 0 Å². The highest BCUT2D eigenvalue weighted by Crippen LogP contribution is 2.58. The van der Waals surface area contributed by atoms with Crippen LogP contribution in [-0.2, 0) is 0 Å². The van der Waals surface area contributed by atoms with E-state index in [1.54, 1.807) is 0 Å². The van der Waals surface area contributed by atoms with Crippen LogP contribution in [0.15, 0.2) is 0 Å². The van der Waals surface area contributed by atoms with Crippen molar-refractivity contribution in [3.63, 3.8) is 0 Å². The van der Waals surface area contributed by atoms with Crippen LogP contribution in [0.1, 0.15) is 106 Å². The van der Waals surface area contributed by atoms with Crippen molar-refractivity contribution in [2.45, 2.75) is 106 Å². The van der Waals surface area contributed by atoms with E-state index in [1.807, 2.05) is 27.7 Å². The Morgan fingerprint density at radius 2 is 1.60 bits per heavy atom. The number of unbranched alkanes of at least 4 members (excludes halogenated alkanes) is 2. The molecule has 0 radical (unpaired) electrons. The first-order valence-electron chi connectivity index (χ1n) is 9.68. The predicted molar refractivity (Wildman–Crippen MR) is 94.2 cm³/mol. The molecule has 2 aliphatic rings. The Morgan fingerprint density at radius 3 is 2.20 bits per heavy atom. The number of hydrogen-bond acceptors (Lipinski definition) is 0. The van der Waals surface area contributed by atoms with Crippen LogP contribution in [0, 0.1) is 23.2 Å². The minimum atomic E-state index is 0.728. The summed E-state index contributed by atoms with van der Waals surface area (Å²) in [7, 11) is 0. The summed E-state index contributed by atoms with van der Waals surface area (Å²) in [6, 6.07) is 0. The highest BCUT2D eigenvalue weighted by Gasteiger charge is 2.49. The number of hydrogen-bond donors (Lipinski definition) is 0. The van der Waals surface area contributed by atoms with Crippen molar-refractivity contribution >= 4 is 0 Å². The summed E-state index contributed by atoms with van der Waals surface area (Å²) < 4.78 is 0. The van der Waals surface area contributed by atoms with E-state index in [0.29, 0.717) is 0 Å². The van der Waals surface area contributed by atoms with Gasteiger partial charge in [0, 0.05) is 0 Å². The predicted octanol–water partition coefficient (Wildman–Crippen LogP) is 7.47. The fourth-order valence-corrected chi connectivity index (χ4v) is 4.79. The SMILES string of the molecule is CC.CC.CCCCCC1CC[C@H]2C(C)CCCC12C. The summed E-state index contributed by atoms with van der Waals surface area (Å²) in [5.41, 5.74) is 0.728. The Hall–Kier alpha value is 0. The Labute approximate surface area is 130 Å². The summed E-state index contributed by atoms with van der Waals surface area (Å²) in [4.78, 5) is 0. The lowest BCUT2D eigenvalue weighted by molar-refractivity contribution is 0.0547. The van der Waals surface area contributed by atoms with Crippen LogP contribution >= 0.6 is 0 Å². The number of fused-ring (bicyclic) bond motifs is 1. The minimum Gasteiger partial charge on any atom is -0.0683 e. The minimum absolute atomic E-state index is 0.728. The molecule has 0 bridgehead atoms. The Kier molecular flexibility index (Phi) is 10.7. The molecular formula is C20H42. The first-order chi connectivity index (χ1) is 9.68. The van der Waals surface area contributed by atoms with E-state index in [0.717, 1.165) is 23.2 Å². The van der Waals surface area contributed by atoms with Crippen LogP contribution in [0.2, 0.25) is 0 Å². The topological polar surface area (TPSA) is 0 Å². The highest BCUT2D eigenvalue weighted by atomic mass is 14.5. The van der Waals surface area contributed by atoms with Crippen molar-refractivity contribution < 1.29 is 0 Å². The van der Waals surface area contributed by atoms with Gasteiger partial charge >= 0.3 is 0 Å². The molecule has 0 heteroatoms. The zero-order valence-corrected chi connectivity index (χ0v) is 15.6. The van der Waals surface area contributed by atoms with E-state index < -0.39 is 0 Å². The van der Waals surface area contributed by atoms with Crippen LogP contribution in [0.4, 0.5) is 0 Å². The van der Waals surface area contributed by atoms with Gasteiger partial charge in [-0.05, 0) is 48.9 Å². The molecule has 2 aliphatic carbocycles. The van der Waals surface area contributed by atoms with Crippen molar-refractivity contribution in [3.05, 3.63) is 0 Å². The van der Waals surface area contributed by atoms with Gasteiger partial charge in [-0.25, -0.2) is 0 Å². The molecule has 0 nitrogen and oxygen atoms in total. The first-order valence-corrected chi connectivity index (χ1v) is 9.68. The Balaban J connectivity index is 0.000000829. The van der Waals surface area contributed by atoms with Crippen molar-refractivity contribution in [2.75, 3.05) is 0 Å². The second-order valence-electron chi connectivity index (χ2n) is 6.75. The quantitative estimate of drug-likeness (QED) is 0.469. The molecule has 2 rings (SSSR count). The van der Waals surface area contributed by atoms with Gasteiger partial charge in [-0.3, -0.25) is 0 Å². The standard InChI is InChI=1S/C16H30.2C2H6/c1-4-5-6-9-14-10-11-15-13(2)8-7-12-16(14,15)3;2*1-2/h13-15H,4-12H2,1-3H3;2*1-2H3/t13?,14?,15-,16?;;/m0../s1. The van der Waals surface area contributed by atoms with Gasteiger partial charge in [0.2, 0.25) is 0 Å². The maximum Gasteiger partial charge on any atom is -0.0267 e. The molecule has 122 valence electrons. The van der Waals surface area contributed by atoms with Crippen molar-refractivity contribution in [2.24, 2.45) is 23.2 Å². The van der Waals surface area contributed by atoms with Crippen molar-refractivity contribution in [1.29, 1.82) is 0 Å². The zero-order chi connectivity index (χ0) is 15.6. The third kappa shape index (κ3) is 4.78. The monoisotopic (exact) mass is 282 g/mol. The molecule has 0 heterocycles. The lowest BCUT2D eigenvalue weighted by Crippen LogP contribution is -2.36. The lowest BCUT2D eigenvalue weighted by atomic mass is 9.61. The molecule has 0 saturated heterocycles. The molecular weight excluding hydrogens is 240 g/mol. The fraction of sp³-hybridized carbons (Fsp3) is 1.00. The maximum absolute atomic E-state index is 2.62. The van der Waals surface area contributed by atoms with E-state index in [1.165, 1.54) is 57.8 Å². The van der Waals surface area contributed by atoms with Crippen LogP contribution in [0.5, 0.6) is 0 Å². The van der Waals surface area contributed by atoms with Crippen LogP contribution in [0.3, 0.4) is 0 Å². The largest absolute Gasteiger partial charge is 0.0683 e. The van der Waals surface area contributed by atoms with Gasteiger partial charge in [-0.2, -0.15) is 0 Å². The fourth-order valence-electron chi connectivity index (χ4n) is 4.79. The van der Waals surface area contributed by atoms with Crippen LogP contribution in [0.25, 0.3) is 0 Å². The number of rotatable bonds is 4. The summed E-state index contributed by atoms with van der Waals surface area (Å²) in [6.45, 7) is 15.5. The van der Waals surface area contributed by atoms with Gasteiger partial charge in [-0.1, -0.05) is 80.6 Å². The van der Waals surface area contributed by atoms with Crippen LogP contribution in [-0.4, -0.2) is 0 Å². The van der Waals surface area contributed by atoms with Gasteiger partial charge in [0.1, 0.15) is 0 Å². The van der Waals surface area contributed by atoms with Gasteiger partial charge in [0.05, 0.1) is 0 Å². The second kappa shape index (κ2) is 10.7. The summed E-state index contributed by atoms with van der Waals surface area (Å²) in [5, 5.41) is 0. The average Bonchev–Trinajstić information content (AvgIpc) is 2.82. The second-order valence-corrected chi connectivity index (χ2v) is 6.75. The molecule has 0 spiro atoms. The van der Waals surface area contributed by atoms with Gasteiger partial charge in [-0.15, -0.1) is 0 Å². The van der Waals surface area contributed by atoms with E-state index in [4.69, 9.17) is 0 Å². The average molecular weight is 283 g/mol. The molecule has 3 unspecified atom stereocenters. The molecule has 2 fully saturated rings. The lowest BCUT2D eigenvalue weighted by Gasteiger charge is -2.44. The third-order valence-electron chi connectivity index (χ3n) is 5.82. The zero-order valence-electron chi connectivity index (χ0n) is 15.6. The summed E-state index contributed by atoms with van der Waals surface area (Å²) in [5.74, 6) is 3.13.